The van der Waals surface area contributed by atoms with Crippen LogP contribution in [0.2, 0.25) is 0 Å². The second-order valence-electron chi connectivity index (χ2n) is 25.2. The molecule has 532 valence electrons. The van der Waals surface area contributed by atoms with Crippen molar-refractivity contribution in [2.45, 2.75) is 116 Å². The third kappa shape index (κ3) is 25.9. The Labute approximate surface area is 582 Å². The molecule has 2 amide bonds. The van der Waals surface area contributed by atoms with Crippen molar-refractivity contribution in [2.75, 3.05) is 85.5 Å². The number of epoxide rings is 1. The van der Waals surface area contributed by atoms with Crippen LogP contribution in [0.4, 0.5) is 0 Å². The Kier molecular flexibility index (Phi) is 30.2. The first-order chi connectivity index (χ1) is 47.8. The zero-order valence-electron chi connectivity index (χ0n) is 56.5. The Morgan fingerprint density at radius 3 is 1.32 bits per heavy atom. The van der Waals surface area contributed by atoms with Gasteiger partial charge in [-0.1, -0.05) is 155 Å². The van der Waals surface area contributed by atoms with Gasteiger partial charge in [0.1, 0.15) is 24.6 Å². The van der Waals surface area contributed by atoms with E-state index in [0.717, 1.165) is 69.2 Å². The van der Waals surface area contributed by atoms with E-state index in [-0.39, 0.29) is 71.7 Å². The van der Waals surface area contributed by atoms with Gasteiger partial charge in [-0.3, -0.25) is 33.9 Å². The maximum atomic E-state index is 13.8. The number of nitrogens with one attached hydrogen (secondary N) is 2. The number of amides is 2. The quantitative estimate of drug-likeness (QED) is 0.0225. The molecule has 99 heavy (non-hydrogen) atoms. The molecule has 8 heterocycles. The highest BCUT2D eigenvalue weighted by Crippen LogP contribution is 2.30. The molecule has 11 rings (SSSR count). The van der Waals surface area contributed by atoms with Crippen LogP contribution in [0.15, 0.2) is 133 Å². The summed E-state index contributed by atoms with van der Waals surface area (Å²) in [5.74, 6) is -1.39. The van der Waals surface area contributed by atoms with Crippen LogP contribution in [-0.4, -0.2) is 185 Å². The number of esters is 2. The fraction of sp³-hybridized carbons (Fsp3) is 0.479. The summed E-state index contributed by atoms with van der Waals surface area (Å²) in [4.78, 5) is 94.7. The summed E-state index contributed by atoms with van der Waals surface area (Å²) in [6, 6.07) is 33.2. The largest absolute Gasteiger partial charge is 0.476 e. The average molecular weight is 1440 g/mol. The highest BCUT2D eigenvalue weighted by atomic mass is 79.9. The van der Waals surface area contributed by atoms with Gasteiger partial charge in [0.25, 0.3) is 5.91 Å². The molecule has 0 aliphatic carbocycles. The molecule has 4 aliphatic rings. The normalized spacial score (nSPS) is 17.2. The van der Waals surface area contributed by atoms with E-state index in [1.165, 1.54) is 6.07 Å². The van der Waals surface area contributed by atoms with Gasteiger partial charge < -0.3 is 62.3 Å². The number of halogens is 1. The average Bonchev–Trinajstić information content (AvgIpc) is 1.64. The number of rotatable bonds is 29. The molecular formula is C71H88BrN9O18. The molecule has 4 saturated heterocycles. The molecule has 4 aromatic heterocycles. The molecule has 0 saturated carbocycles. The Hall–Kier alpha value is -8.61. The maximum Gasteiger partial charge on any atom is 0.360 e. The number of carbonyl (C=O) groups excluding carboxylic acids is 6. The van der Waals surface area contributed by atoms with Crippen LogP contribution >= 0.6 is 15.9 Å². The van der Waals surface area contributed by atoms with Crippen molar-refractivity contribution in [2.24, 2.45) is 17.8 Å². The first-order valence-corrected chi connectivity index (χ1v) is 34.2. The smallest absolute Gasteiger partial charge is 0.360 e. The molecule has 0 unspecified atom stereocenters. The van der Waals surface area contributed by atoms with Crippen molar-refractivity contribution in [3.8, 4) is 0 Å². The number of nitrogens with zero attached hydrogens (tertiary/aromatic N) is 7. The number of ketones is 2. The number of aromatic nitrogens is 4. The number of carbonyl (C=O) groups is 7. The second kappa shape index (κ2) is 39.3. The lowest BCUT2D eigenvalue weighted by atomic mass is 9.88. The van der Waals surface area contributed by atoms with Crippen molar-refractivity contribution >= 4 is 57.2 Å². The molecule has 28 heteroatoms. The molecule has 0 bridgehead atoms. The van der Waals surface area contributed by atoms with E-state index in [1.54, 1.807) is 25.1 Å². The standard InChI is InChI=1S/C34H48N4O7.C16H18N2O4.C12H10BrNO3.C9H12N2O4/c1-22(2)15-27(35-33(42)29-19-26(45-37-29)20-38-11-13-43-14-12-38)30(39)18-25(17-24-9-7-6-8-10-24)32(41)36-28(16-23(3)4)31(40)34(5)21-44-34;19-16(21-12-13-4-2-1-3-5-13)15-10-14(22-17-15)11-18-6-8-20-9-7-18;13-7-10-6-11(14-17-10)12(15)16-8-9-4-2-1-3-5-9;12-9(13)8-5-7(15-10-8)6-11-1-3-14-4-2-11/h6-10,19,22-23,25,27-28H,11-18,20-21H2,1-5H3,(H,35,42)(H,36,41);1-5,10H,6-9,11-12H2;1-6H,7-8H2;5H,1-4,6H2,(H,12,13)/t25-,27+,28+,34-;;;/m1.../s1. The van der Waals surface area contributed by atoms with Crippen LogP contribution in [0.5, 0.6) is 0 Å². The van der Waals surface area contributed by atoms with Crippen LogP contribution < -0.4 is 10.6 Å². The van der Waals surface area contributed by atoms with Gasteiger partial charge in [0.05, 0.1) is 83.3 Å². The molecule has 27 nitrogen and oxygen atoms in total. The number of hydrogen-bond donors (Lipinski definition) is 3. The van der Waals surface area contributed by atoms with Gasteiger partial charge in [0, 0.05) is 75.9 Å². The SMILES string of the molecule is CC(C)C[C@H](NC(=O)c1cc(CN2CCOCC2)on1)C(=O)C[C@@H](Cc1ccccc1)C(=O)N[C@@H](CC(C)C)C(=O)[C@@]1(C)CO1.O=C(O)c1cc(CN2CCOCC2)on1.O=C(OCc1ccccc1)c1cc(CBr)on1.O=C(OCc1ccccc1)c1cc(CN2CCOCC2)on1. The van der Waals surface area contributed by atoms with Crippen molar-refractivity contribution in [1.82, 2.24) is 46.0 Å². The number of Topliss-reactive ketones (excluding diaryl/α,β-unsaturated/α-hetero) is 2. The molecule has 3 N–H and O–H groups in total. The summed E-state index contributed by atoms with van der Waals surface area (Å²) in [7, 11) is 0. The predicted molar refractivity (Wildman–Crippen MR) is 360 cm³/mol. The summed E-state index contributed by atoms with van der Waals surface area (Å²) < 4.78 is 52.0. The van der Waals surface area contributed by atoms with Crippen LogP contribution in [0, 0.1) is 17.8 Å². The van der Waals surface area contributed by atoms with Gasteiger partial charge in [-0.25, -0.2) is 14.4 Å². The topological polar surface area (TPSA) is 336 Å². The number of benzene rings is 3. The third-order valence-corrected chi connectivity index (χ3v) is 16.6. The summed E-state index contributed by atoms with van der Waals surface area (Å²) in [6.07, 6.45) is 1.07. The minimum Gasteiger partial charge on any atom is -0.476 e. The summed E-state index contributed by atoms with van der Waals surface area (Å²) in [5.41, 5.74) is 2.34. The third-order valence-electron chi connectivity index (χ3n) is 16.1. The van der Waals surface area contributed by atoms with E-state index in [0.29, 0.717) is 100 Å². The van der Waals surface area contributed by atoms with Gasteiger partial charge in [0.15, 0.2) is 51.6 Å². The number of carboxylic acids is 1. The Balaban J connectivity index is 0.000000190. The molecule has 7 aromatic rings. The minimum absolute atomic E-state index is 0.0433. The molecule has 0 radical (unpaired) electrons. The van der Waals surface area contributed by atoms with E-state index in [9.17, 15) is 33.6 Å². The van der Waals surface area contributed by atoms with Crippen LogP contribution in [0.3, 0.4) is 0 Å². The number of alkyl halides is 1. The first kappa shape index (κ1) is 76.1. The van der Waals surface area contributed by atoms with Gasteiger partial charge in [-0.2, -0.15) is 0 Å². The van der Waals surface area contributed by atoms with Gasteiger partial charge in [-0.15, -0.1) is 0 Å². The lowest BCUT2D eigenvalue weighted by Gasteiger charge is -2.26. The van der Waals surface area contributed by atoms with E-state index < -0.39 is 47.4 Å². The highest BCUT2D eigenvalue weighted by Gasteiger charge is 2.50. The number of aromatic carboxylic acids is 1. The van der Waals surface area contributed by atoms with Crippen LogP contribution in [-0.2, 0) is 87.4 Å². The maximum absolute atomic E-state index is 13.8. The molecule has 3 aromatic carbocycles. The zero-order valence-corrected chi connectivity index (χ0v) is 58.1. The highest BCUT2D eigenvalue weighted by molar-refractivity contribution is 9.08. The summed E-state index contributed by atoms with van der Waals surface area (Å²) in [6.45, 7) is 21.3. The Morgan fingerprint density at radius 2 is 0.919 bits per heavy atom. The van der Waals surface area contributed by atoms with Crippen molar-refractivity contribution < 1.29 is 85.2 Å². The molecule has 0 spiro atoms. The molecule has 4 atom stereocenters. The van der Waals surface area contributed by atoms with E-state index in [2.05, 4.69) is 61.9 Å². The van der Waals surface area contributed by atoms with Crippen LogP contribution in [0.1, 0.15) is 136 Å². The lowest BCUT2D eigenvalue weighted by molar-refractivity contribution is -0.134. The monoisotopic (exact) mass is 1430 g/mol. The van der Waals surface area contributed by atoms with Crippen LogP contribution in [0.25, 0.3) is 0 Å². The predicted octanol–water partition coefficient (Wildman–Crippen LogP) is 8.35. The number of carboxylic acid groups (broad SMARTS) is 1. The number of hydrogen-bond acceptors (Lipinski definition) is 24. The van der Waals surface area contributed by atoms with Gasteiger partial charge >= 0.3 is 17.9 Å². The fourth-order valence-corrected chi connectivity index (χ4v) is 10.9. The first-order valence-electron chi connectivity index (χ1n) is 33.1. The zero-order chi connectivity index (χ0) is 70.5. The van der Waals surface area contributed by atoms with E-state index in [4.69, 9.17) is 51.6 Å². The van der Waals surface area contributed by atoms with Gasteiger partial charge in [-0.05, 0) is 54.7 Å². The fourth-order valence-electron chi connectivity index (χ4n) is 10.6. The van der Waals surface area contributed by atoms with Crippen molar-refractivity contribution in [3.63, 3.8) is 0 Å². The number of ether oxygens (including phenoxy) is 6. The lowest BCUT2D eigenvalue weighted by Crippen LogP contribution is -2.50. The van der Waals surface area contributed by atoms with Crippen molar-refractivity contribution in [3.05, 3.63) is 178 Å². The number of morpholine rings is 3. The molecule has 4 fully saturated rings. The van der Waals surface area contributed by atoms with E-state index in [1.807, 2.05) is 119 Å². The Morgan fingerprint density at radius 1 is 0.535 bits per heavy atom. The molecule has 4 aliphatic heterocycles. The minimum atomic E-state index is -1.06. The second-order valence-corrected chi connectivity index (χ2v) is 25.8. The van der Waals surface area contributed by atoms with Crippen molar-refractivity contribution in [1.29, 1.82) is 0 Å². The molecular weight excluding hydrogens is 1350 g/mol. The summed E-state index contributed by atoms with van der Waals surface area (Å²) in [5, 5.41) is 29.8. The van der Waals surface area contributed by atoms with E-state index >= 15 is 0 Å². The Bertz CT molecular complexity index is 3630. The summed E-state index contributed by atoms with van der Waals surface area (Å²) >= 11 is 3.21. The van der Waals surface area contributed by atoms with Gasteiger partial charge in [0.2, 0.25) is 5.91 Å².